The van der Waals surface area contributed by atoms with Crippen LogP contribution in [0.25, 0.3) is 10.7 Å². The number of rotatable bonds is 9. The van der Waals surface area contributed by atoms with E-state index in [1.807, 2.05) is 24.4 Å². The molecule has 4 heterocycles. The molecule has 4 rings (SSSR count). The van der Waals surface area contributed by atoms with Gasteiger partial charge in [0.05, 0.1) is 23.7 Å². The molecule has 1 fully saturated rings. The standard InChI is InChI=1S/C24H32N8O2S/c1-15(14-33)30-22-21(26)18(25)10-20(31-22)23(34)28-11-16-5-8-32(9-6-16)13-17-12-29-24(35-17)19-4-2-3-7-27-19/h2-4,7,10,12,15-16,33H,5-6,8-9,11,13-14,26H2,1H3,(H,28,34)(H3,25,30,31)/t15-/m1/s1. The SMILES string of the molecule is C[C@H](CO)Nc1nc(C(=O)NCC2CCN(Cc3cnc(-c4ccccn4)s3)CC2)cc(N)c1N. The van der Waals surface area contributed by atoms with E-state index in [9.17, 15) is 9.90 Å². The van der Waals surface area contributed by atoms with Crippen LogP contribution < -0.4 is 22.1 Å². The quantitative estimate of drug-likeness (QED) is 0.300. The Kier molecular flexibility index (Phi) is 8.11. The smallest absolute Gasteiger partial charge is 0.270 e. The average molecular weight is 497 g/mol. The molecule has 0 unspecified atom stereocenters. The molecule has 7 N–H and O–H groups in total. The van der Waals surface area contributed by atoms with E-state index in [-0.39, 0.29) is 35.6 Å². The molecule has 1 atom stereocenters. The number of hydrogen-bond acceptors (Lipinski definition) is 10. The maximum atomic E-state index is 12.7. The average Bonchev–Trinajstić information content (AvgIpc) is 3.35. The summed E-state index contributed by atoms with van der Waals surface area (Å²) in [4.78, 5) is 29.6. The van der Waals surface area contributed by atoms with Crippen LogP contribution >= 0.6 is 11.3 Å². The number of nitrogens with one attached hydrogen (secondary N) is 2. The maximum Gasteiger partial charge on any atom is 0.270 e. The van der Waals surface area contributed by atoms with Crippen LogP contribution in [0.1, 0.15) is 35.1 Å². The number of nitrogen functional groups attached to an aromatic ring is 2. The summed E-state index contributed by atoms with van der Waals surface area (Å²) in [6, 6.07) is 7.07. The van der Waals surface area contributed by atoms with Crippen LogP contribution in [0.5, 0.6) is 0 Å². The molecular weight excluding hydrogens is 464 g/mol. The van der Waals surface area contributed by atoms with Gasteiger partial charge in [-0.2, -0.15) is 0 Å². The van der Waals surface area contributed by atoms with Gasteiger partial charge in [-0.25, -0.2) is 9.97 Å². The molecule has 11 heteroatoms. The summed E-state index contributed by atoms with van der Waals surface area (Å²) < 4.78 is 0. The Morgan fingerprint density at radius 1 is 1.29 bits per heavy atom. The number of thiazole rings is 1. The van der Waals surface area contributed by atoms with Gasteiger partial charge in [-0.3, -0.25) is 14.7 Å². The number of carbonyl (C=O) groups is 1. The van der Waals surface area contributed by atoms with Crippen molar-refractivity contribution in [1.82, 2.24) is 25.2 Å². The number of carbonyl (C=O) groups excluding carboxylic acids is 1. The monoisotopic (exact) mass is 496 g/mol. The van der Waals surface area contributed by atoms with Gasteiger partial charge >= 0.3 is 0 Å². The van der Waals surface area contributed by atoms with Gasteiger partial charge in [0.1, 0.15) is 10.7 Å². The second kappa shape index (κ2) is 11.4. The molecule has 0 aliphatic carbocycles. The topological polar surface area (TPSA) is 155 Å². The largest absolute Gasteiger partial charge is 0.397 e. The van der Waals surface area contributed by atoms with Crippen molar-refractivity contribution in [1.29, 1.82) is 0 Å². The first kappa shape index (κ1) is 24.8. The number of nitrogens with zero attached hydrogens (tertiary/aromatic N) is 4. The summed E-state index contributed by atoms with van der Waals surface area (Å²) in [5, 5.41) is 16.2. The Labute approximate surface area is 208 Å². The Hall–Kier alpha value is -3.28. The van der Waals surface area contributed by atoms with E-state index in [1.54, 1.807) is 24.5 Å². The van der Waals surface area contributed by atoms with Crippen molar-refractivity contribution >= 4 is 34.4 Å². The molecule has 1 amide bonds. The number of pyridine rings is 2. The normalized spacial score (nSPS) is 15.6. The highest BCUT2D eigenvalue weighted by atomic mass is 32.1. The van der Waals surface area contributed by atoms with Gasteiger partial charge < -0.3 is 27.2 Å². The highest BCUT2D eigenvalue weighted by Crippen LogP contribution is 2.27. The van der Waals surface area contributed by atoms with Crippen molar-refractivity contribution in [3.05, 3.63) is 47.2 Å². The number of likely N-dealkylation sites (tertiary alicyclic amines) is 1. The van der Waals surface area contributed by atoms with Crippen LogP contribution in [0.15, 0.2) is 36.7 Å². The fourth-order valence-electron chi connectivity index (χ4n) is 3.97. The number of aromatic nitrogens is 3. The third-order valence-electron chi connectivity index (χ3n) is 6.06. The molecule has 0 aromatic carbocycles. The highest BCUT2D eigenvalue weighted by Gasteiger charge is 2.22. The zero-order valence-corrected chi connectivity index (χ0v) is 20.6. The third kappa shape index (κ3) is 6.44. The van der Waals surface area contributed by atoms with E-state index in [2.05, 4.69) is 30.5 Å². The summed E-state index contributed by atoms with van der Waals surface area (Å²) in [5.41, 5.74) is 13.6. The minimum Gasteiger partial charge on any atom is -0.397 e. The molecule has 0 bridgehead atoms. The predicted molar refractivity (Wildman–Crippen MR) is 139 cm³/mol. The van der Waals surface area contributed by atoms with Gasteiger partial charge in [0, 0.05) is 36.4 Å². The van der Waals surface area contributed by atoms with Gasteiger partial charge in [0.15, 0.2) is 5.82 Å². The number of aliphatic hydroxyl groups excluding tert-OH is 1. The van der Waals surface area contributed by atoms with Crippen LogP contribution in [0.4, 0.5) is 17.2 Å². The number of aliphatic hydroxyl groups is 1. The minimum absolute atomic E-state index is 0.0927. The first-order valence-electron chi connectivity index (χ1n) is 11.7. The van der Waals surface area contributed by atoms with Crippen LogP contribution in [0.2, 0.25) is 0 Å². The van der Waals surface area contributed by atoms with Gasteiger partial charge in [-0.15, -0.1) is 11.3 Å². The molecule has 1 aliphatic heterocycles. The van der Waals surface area contributed by atoms with E-state index >= 15 is 0 Å². The number of anilines is 3. The zero-order chi connectivity index (χ0) is 24.8. The molecule has 1 saturated heterocycles. The van der Waals surface area contributed by atoms with E-state index in [1.165, 1.54) is 10.9 Å². The van der Waals surface area contributed by atoms with Gasteiger partial charge in [0.2, 0.25) is 0 Å². The first-order valence-corrected chi connectivity index (χ1v) is 12.5. The highest BCUT2D eigenvalue weighted by molar-refractivity contribution is 7.14. The van der Waals surface area contributed by atoms with Crippen LogP contribution in [0.3, 0.4) is 0 Å². The van der Waals surface area contributed by atoms with Crippen molar-refractivity contribution < 1.29 is 9.90 Å². The Balaban J connectivity index is 1.25. The molecule has 0 saturated carbocycles. The van der Waals surface area contributed by atoms with E-state index in [0.717, 1.165) is 43.2 Å². The van der Waals surface area contributed by atoms with Crippen LogP contribution in [-0.4, -0.2) is 63.1 Å². The van der Waals surface area contributed by atoms with Crippen molar-refractivity contribution in [2.45, 2.75) is 32.4 Å². The first-order chi connectivity index (χ1) is 16.9. The molecule has 10 nitrogen and oxygen atoms in total. The molecule has 3 aromatic heterocycles. The second-order valence-electron chi connectivity index (χ2n) is 8.86. The maximum absolute atomic E-state index is 12.7. The predicted octanol–water partition coefficient (Wildman–Crippen LogP) is 2.20. The minimum atomic E-state index is -0.287. The summed E-state index contributed by atoms with van der Waals surface area (Å²) in [6.45, 7) is 5.09. The van der Waals surface area contributed by atoms with E-state index < -0.39 is 0 Å². The summed E-state index contributed by atoms with van der Waals surface area (Å²) in [5.74, 6) is 0.420. The number of nitrogens with two attached hydrogens (primary N) is 2. The lowest BCUT2D eigenvalue weighted by Gasteiger charge is -2.31. The van der Waals surface area contributed by atoms with Crippen LogP contribution in [0, 0.1) is 5.92 Å². The number of hydrogen-bond donors (Lipinski definition) is 5. The van der Waals surface area contributed by atoms with Crippen molar-refractivity contribution in [3.63, 3.8) is 0 Å². The lowest BCUT2D eigenvalue weighted by atomic mass is 9.96. The Morgan fingerprint density at radius 2 is 2.09 bits per heavy atom. The van der Waals surface area contributed by atoms with Crippen LogP contribution in [-0.2, 0) is 6.54 Å². The Bertz CT molecular complexity index is 1130. The lowest BCUT2D eigenvalue weighted by Crippen LogP contribution is -2.38. The molecule has 186 valence electrons. The molecule has 3 aromatic rings. The molecular formula is C24H32N8O2S. The summed E-state index contributed by atoms with van der Waals surface area (Å²) >= 11 is 1.68. The summed E-state index contributed by atoms with van der Waals surface area (Å²) in [6.07, 6.45) is 5.73. The number of amides is 1. The van der Waals surface area contributed by atoms with Crippen molar-refractivity contribution in [2.24, 2.45) is 5.92 Å². The van der Waals surface area contributed by atoms with Gasteiger partial charge in [0.25, 0.3) is 5.91 Å². The molecule has 0 spiro atoms. The molecule has 1 aliphatic rings. The van der Waals surface area contributed by atoms with Crippen molar-refractivity contribution in [3.8, 4) is 10.7 Å². The Morgan fingerprint density at radius 3 is 2.80 bits per heavy atom. The van der Waals surface area contributed by atoms with Gasteiger partial charge in [-0.1, -0.05) is 6.07 Å². The molecule has 35 heavy (non-hydrogen) atoms. The lowest BCUT2D eigenvalue weighted by molar-refractivity contribution is 0.0930. The number of piperidine rings is 1. The third-order valence-corrected chi connectivity index (χ3v) is 7.06. The summed E-state index contributed by atoms with van der Waals surface area (Å²) in [7, 11) is 0. The fraction of sp³-hybridized carbons (Fsp3) is 0.417. The van der Waals surface area contributed by atoms with E-state index in [4.69, 9.17) is 11.5 Å². The fourth-order valence-corrected chi connectivity index (χ4v) is 4.90. The van der Waals surface area contributed by atoms with Crippen molar-refractivity contribution in [2.75, 3.05) is 43.0 Å². The molecule has 0 radical (unpaired) electrons. The van der Waals surface area contributed by atoms with Gasteiger partial charge in [-0.05, 0) is 57.0 Å². The zero-order valence-electron chi connectivity index (χ0n) is 19.8. The van der Waals surface area contributed by atoms with E-state index in [0.29, 0.717) is 18.3 Å². The second-order valence-corrected chi connectivity index (χ2v) is 9.98.